The first kappa shape index (κ1) is 30.6. The van der Waals surface area contributed by atoms with Crippen molar-refractivity contribution in [3.05, 3.63) is 108 Å². The first-order valence-corrected chi connectivity index (χ1v) is 14.7. The number of anilines is 1. The molecule has 2 aromatic carbocycles. The number of nitrogens with one attached hydrogen (secondary N) is 1. The highest BCUT2D eigenvalue weighted by atomic mass is 19.3. The number of fused-ring (bicyclic) bond motifs is 1. The number of likely N-dealkylation sites (tertiary alicyclic amines) is 1. The molecule has 46 heavy (non-hydrogen) atoms. The van der Waals surface area contributed by atoms with Gasteiger partial charge in [-0.1, -0.05) is 12.1 Å². The summed E-state index contributed by atoms with van der Waals surface area (Å²) in [4.78, 5) is 34.8. The Morgan fingerprint density at radius 3 is 2.43 bits per heavy atom. The summed E-state index contributed by atoms with van der Waals surface area (Å²) in [6.07, 6.45) is 5.35. The lowest BCUT2D eigenvalue weighted by Gasteiger charge is -2.31. The first-order valence-electron chi connectivity index (χ1n) is 14.7. The van der Waals surface area contributed by atoms with Crippen LogP contribution in [-0.2, 0) is 11.3 Å². The van der Waals surface area contributed by atoms with E-state index in [9.17, 15) is 22.8 Å². The summed E-state index contributed by atoms with van der Waals surface area (Å²) in [5.41, 5.74) is 10.9. The highest BCUT2D eigenvalue weighted by molar-refractivity contribution is 5.98. The summed E-state index contributed by atoms with van der Waals surface area (Å²) in [6, 6.07) is 17.4. The second kappa shape index (κ2) is 12.5. The molecule has 5 aromatic rings. The molecule has 0 aliphatic carbocycles. The molecule has 6 rings (SSSR count). The van der Waals surface area contributed by atoms with E-state index >= 15 is 0 Å². The predicted octanol–water partition coefficient (Wildman–Crippen LogP) is 6.79. The number of piperidine rings is 1. The van der Waals surface area contributed by atoms with Gasteiger partial charge in [0.25, 0.3) is 11.8 Å². The van der Waals surface area contributed by atoms with E-state index in [4.69, 9.17) is 10.2 Å². The van der Waals surface area contributed by atoms with Crippen LogP contribution in [0.3, 0.4) is 0 Å². The molecule has 0 radical (unpaired) electrons. The van der Waals surface area contributed by atoms with Gasteiger partial charge in [-0.15, -0.1) is 0 Å². The maximum Gasteiger partial charge on any atom is 0.253 e. The minimum atomic E-state index is -2.74. The number of benzene rings is 2. The van der Waals surface area contributed by atoms with Crippen LogP contribution in [0, 0.1) is 12.9 Å². The van der Waals surface area contributed by atoms with E-state index in [0.717, 1.165) is 22.1 Å². The molecular weight excluding hydrogens is 595 g/mol. The van der Waals surface area contributed by atoms with Gasteiger partial charge in [-0.3, -0.25) is 9.59 Å². The number of hydrogen-bond acceptors (Lipinski definition) is 6. The smallest absolute Gasteiger partial charge is 0.253 e. The quantitative estimate of drug-likeness (QED) is 0.152. The topological polar surface area (TPSA) is 114 Å². The molecule has 3 aromatic heterocycles. The van der Waals surface area contributed by atoms with E-state index in [1.54, 1.807) is 55.6 Å². The molecule has 234 valence electrons. The lowest BCUT2D eigenvalue weighted by molar-refractivity contribution is -0.116. The third-order valence-electron chi connectivity index (χ3n) is 7.96. The highest BCUT2D eigenvalue weighted by Gasteiger charge is 2.35. The Bertz CT molecular complexity index is 1940. The van der Waals surface area contributed by atoms with Crippen LogP contribution in [0.4, 0.5) is 19.0 Å². The van der Waals surface area contributed by atoms with E-state index in [1.165, 1.54) is 23.2 Å². The van der Waals surface area contributed by atoms with E-state index in [2.05, 4.69) is 15.3 Å². The largest absolute Gasteiger partial charge is 0.459 e. The second-order valence-corrected chi connectivity index (χ2v) is 11.3. The Kier molecular flexibility index (Phi) is 8.31. The summed E-state index contributed by atoms with van der Waals surface area (Å²) in [5.74, 6) is -3.06. The van der Waals surface area contributed by atoms with Gasteiger partial charge in [0.05, 0.1) is 6.54 Å². The second-order valence-electron chi connectivity index (χ2n) is 11.3. The minimum Gasteiger partial charge on any atom is -0.459 e. The van der Waals surface area contributed by atoms with Gasteiger partial charge in [0.1, 0.15) is 17.2 Å². The average molecular weight is 626 g/mol. The van der Waals surface area contributed by atoms with Gasteiger partial charge in [-0.2, -0.15) is 4.39 Å². The number of carbonyl (C=O) groups excluding carboxylic acids is 2. The van der Waals surface area contributed by atoms with E-state index in [1.807, 2.05) is 18.2 Å². The van der Waals surface area contributed by atoms with Crippen molar-refractivity contribution in [2.24, 2.45) is 0 Å². The fourth-order valence-corrected chi connectivity index (χ4v) is 5.41. The van der Waals surface area contributed by atoms with Gasteiger partial charge in [0.15, 0.2) is 0 Å². The number of rotatable bonds is 7. The number of furan rings is 1. The summed E-state index contributed by atoms with van der Waals surface area (Å²) in [5, 5.41) is 3.56. The number of carbonyl (C=O) groups is 2. The van der Waals surface area contributed by atoms with Crippen molar-refractivity contribution in [2.75, 3.05) is 18.8 Å². The monoisotopic (exact) mass is 625 g/mol. The zero-order valence-electron chi connectivity index (χ0n) is 24.9. The van der Waals surface area contributed by atoms with Gasteiger partial charge in [-0.05, 0) is 83.8 Å². The van der Waals surface area contributed by atoms with E-state index < -0.39 is 11.9 Å². The van der Waals surface area contributed by atoms with Crippen molar-refractivity contribution >= 4 is 34.7 Å². The van der Waals surface area contributed by atoms with Crippen LogP contribution in [0.1, 0.15) is 40.1 Å². The molecule has 0 saturated carbocycles. The molecular formula is C35H30F3N5O3. The third-order valence-corrected chi connectivity index (χ3v) is 7.96. The molecule has 11 heteroatoms. The Labute approximate surface area is 262 Å². The molecule has 2 amide bonds. The fourth-order valence-electron chi connectivity index (χ4n) is 5.41. The maximum absolute atomic E-state index is 13.9. The molecule has 1 saturated heterocycles. The number of alkyl halides is 2. The van der Waals surface area contributed by atoms with Crippen LogP contribution < -0.4 is 11.1 Å². The van der Waals surface area contributed by atoms with Gasteiger partial charge in [-0.25, -0.2) is 18.7 Å². The van der Waals surface area contributed by atoms with Crippen molar-refractivity contribution in [3.8, 4) is 22.3 Å². The average Bonchev–Trinajstić information content (AvgIpc) is 3.46. The lowest BCUT2D eigenvalue weighted by Crippen LogP contribution is -2.42. The SMILES string of the molecule is Cc1cc(F)ncc1-c1cc(-c2ccc(C(=O)N3CCC(F)(F)CC3)cc2)cc2cc(CNC(=O)/C=C/c3ccc(N)nc3)oc12. The van der Waals surface area contributed by atoms with Crippen LogP contribution in [0.15, 0.2) is 83.6 Å². The molecule has 3 N–H and O–H groups in total. The van der Waals surface area contributed by atoms with E-state index in [-0.39, 0.29) is 44.3 Å². The number of nitrogen functional groups attached to an aromatic ring is 1. The van der Waals surface area contributed by atoms with Crippen molar-refractivity contribution in [3.63, 3.8) is 0 Å². The summed E-state index contributed by atoms with van der Waals surface area (Å²) in [6.45, 7) is 1.92. The Balaban J connectivity index is 1.27. The minimum absolute atomic E-state index is 0.0122. The van der Waals surface area contributed by atoms with Gasteiger partial charge in [0, 0.05) is 66.5 Å². The van der Waals surface area contributed by atoms with E-state index in [0.29, 0.717) is 39.4 Å². The maximum atomic E-state index is 13.9. The molecule has 0 atom stereocenters. The van der Waals surface area contributed by atoms with Crippen molar-refractivity contribution < 1.29 is 27.2 Å². The molecule has 8 nitrogen and oxygen atoms in total. The van der Waals surface area contributed by atoms with Crippen LogP contribution in [0.25, 0.3) is 39.3 Å². The molecule has 0 spiro atoms. The fraction of sp³-hybridized carbons (Fsp3) is 0.200. The number of aryl methyl sites for hydroxylation is 1. The first-order chi connectivity index (χ1) is 22.0. The molecule has 4 heterocycles. The zero-order valence-corrected chi connectivity index (χ0v) is 24.9. The lowest BCUT2D eigenvalue weighted by atomic mass is 9.95. The number of amides is 2. The summed E-state index contributed by atoms with van der Waals surface area (Å²) < 4.78 is 47.3. The number of nitrogens with two attached hydrogens (primary N) is 1. The Morgan fingerprint density at radius 2 is 1.74 bits per heavy atom. The van der Waals surface area contributed by atoms with Crippen LogP contribution in [0.5, 0.6) is 0 Å². The van der Waals surface area contributed by atoms with Crippen LogP contribution >= 0.6 is 0 Å². The normalized spacial score (nSPS) is 14.6. The Hall–Kier alpha value is -5.45. The number of halogens is 3. The molecule has 0 bridgehead atoms. The number of aromatic nitrogens is 2. The van der Waals surface area contributed by atoms with Gasteiger partial charge in [0.2, 0.25) is 11.9 Å². The van der Waals surface area contributed by atoms with Crippen LogP contribution in [0.2, 0.25) is 0 Å². The Morgan fingerprint density at radius 1 is 0.978 bits per heavy atom. The third kappa shape index (κ3) is 6.78. The van der Waals surface area contributed by atoms with Gasteiger partial charge >= 0.3 is 0 Å². The zero-order chi connectivity index (χ0) is 32.4. The van der Waals surface area contributed by atoms with Crippen molar-refractivity contribution in [1.82, 2.24) is 20.2 Å². The molecule has 0 unspecified atom stereocenters. The van der Waals surface area contributed by atoms with Crippen molar-refractivity contribution in [1.29, 1.82) is 0 Å². The van der Waals surface area contributed by atoms with Gasteiger partial charge < -0.3 is 20.4 Å². The summed E-state index contributed by atoms with van der Waals surface area (Å²) >= 11 is 0. The standard InChI is InChI=1S/C35H30F3N5O3/c1-21-14-30(36)40-20-29(21)28-17-25(23-4-6-24(7-5-23)34(45)43-12-10-35(37,38)11-13-43)15-26-16-27(46-33(26)28)19-42-32(44)9-3-22-2-8-31(39)41-18-22/h2-9,14-18,20H,10-13,19H2,1H3,(H2,39,41)(H,42,44)/b9-3+. The predicted molar refractivity (Wildman–Crippen MR) is 169 cm³/mol. The number of pyridine rings is 2. The van der Waals surface area contributed by atoms with Crippen molar-refractivity contribution in [2.45, 2.75) is 32.2 Å². The summed E-state index contributed by atoms with van der Waals surface area (Å²) in [7, 11) is 0. The molecule has 1 aliphatic rings. The number of nitrogens with zero attached hydrogens (tertiary/aromatic N) is 3. The molecule has 1 aliphatic heterocycles. The van der Waals surface area contributed by atoms with Crippen LogP contribution in [-0.4, -0.2) is 45.7 Å². The molecule has 1 fully saturated rings. The highest BCUT2D eigenvalue weighted by Crippen LogP contribution is 2.37. The number of hydrogen-bond donors (Lipinski definition) is 2.